The van der Waals surface area contributed by atoms with Gasteiger partial charge in [-0.05, 0) is 32.1 Å². The van der Waals surface area contributed by atoms with Gasteiger partial charge < -0.3 is 10.6 Å². The van der Waals surface area contributed by atoms with Gasteiger partial charge in [-0.1, -0.05) is 6.07 Å². The molecule has 19 heavy (non-hydrogen) atoms. The molecule has 1 aliphatic heterocycles. The van der Waals surface area contributed by atoms with Crippen molar-refractivity contribution < 1.29 is 18.0 Å². The lowest BCUT2D eigenvalue weighted by Crippen LogP contribution is -2.21. The van der Waals surface area contributed by atoms with Gasteiger partial charge in [0.2, 0.25) is 0 Å². The smallest absolute Gasteiger partial charge is 0.398 e. The fourth-order valence-electron chi connectivity index (χ4n) is 2.40. The summed E-state index contributed by atoms with van der Waals surface area (Å²) >= 11 is 0. The van der Waals surface area contributed by atoms with Crippen LogP contribution in [0.5, 0.6) is 0 Å². The largest absolute Gasteiger partial charge is 0.418 e. The number of anilines is 1. The van der Waals surface area contributed by atoms with E-state index < -0.39 is 17.4 Å². The van der Waals surface area contributed by atoms with Crippen molar-refractivity contribution >= 4 is 11.5 Å². The van der Waals surface area contributed by atoms with Crippen molar-refractivity contribution in [2.45, 2.75) is 12.6 Å². The maximum atomic E-state index is 12.7. The van der Waals surface area contributed by atoms with Gasteiger partial charge in [0.15, 0.2) is 5.78 Å². The third kappa shape index (κ3) is 2.73. The molecule has 1 aromatic carbocycles. The molecule has 0 radical (unpaired) electrons. The molecule has 0 aliphatic carbocycles. The van der Waals surface area contributed by atoms with Gasteiger partial charge >= 0.3 is 6.18 Å². The van der Waals surface area contributed by atoms with Gasteiger partial charge in [-0.3, -0.25) is 4.79 Å². The zero-order valence-corrected chi connectivity index (χ0v) is 10.5. The highest BCUT2D eigenvalue weighted by Crippen LogP contribution is 2.36. The number of hydrogen-bond donors (Lipinski definition) is 1. The predicted molar refractivity (Wildman–Crippen MR) is 65.8 cm³/mol. The van der Waals surface area contributed by atoms with Crippen LogP contribution in [0.2, 0.25) is 0 Å². The number of para-hydroxylation sites is 1. The molecule has 2 N–H and O–H groups in total. The van der Waals surface area contributed by atoms with Crippen LogP contribution < -0.4 is 5.73 Å². The minimum absolute atomic E-state index is 0.0184. The number of nitrogen functional groups attached to an aromatic ring is 1. The maximum Gasteiger partial charge on any atom is 0.418 e. The van der Waals surface area contributed by atoms with Crippen LogP contribution in [0.4, 0.5) is 18.9 Å². The molecule has 0 saturated carbocycles. The molecule has 0 aromatic heterocycles. The average Bonchev–Trinajstić information content (AvgIpc) is 2.74. The molecule has 0 amide bonds. The van der Waals surface area contributed by atoms with E-state index in [9.17, 15) is 18.0 Å². The molecule has 1 aromatic rings. The van der Waals surface area contributed by atoms with Crippen LogP contribution in [0, 0.1) is 5.92 Å². The van der Waals surface area contributed by atoms with Crippen molar-refractivity contribution in [3.05, 3.63) is 29.3 Å². The van der Waals surface area contributed by atoms with E-state index in [1.54, 1.807) is 0 Å². The summed E-state index contributed by atoms with van der Waals surface area (Å²) < 4.78 is 38.2. The second kappa shape index (κ2) is 4.85. The van der Waals surface area contributed by atoms with E-state index >= 15 is 0 Å². The van der Waals surface area contributed by atoms with Crippen LogP contribution in [0.1, 0.15) is 22.3 Å². The minimum Gasteiger partial charge on any atom is -0.398 e. The van der Waals surface area contributed by atoms with E-state index in [-0.39, 0.29) is 17.3 Å². The SMILES string of the molecule is CN1CCC(C(=O)c2cccc(C(F)(F)F)c2N)C1. The highest BCUT2D eigenvalue weighted by atomic mass is 19.4. The molecular formula is C13H15F3N2O. The highest BCUT2D eigenvalue weighted by molar-refractivity contribution is 6.03. The molecule has 1 heterocycles. The number of nitrogens with zero attached hydrogens (tertiary/aromatic N) is 1. The lowest BCUT2D eigenvalue weighted by Gasteiger charge is -2.15. The van der Waals surface area contributed by atoms with Gasteiger partial charge in [0.05, 0.1) is 11.3 Å². The minimum atomic E-state index is -4.53. The molecule has 104 valence electrons. The summed E-state index contributed by atoms with van der Waals surface area (Å²) in [5.41, 5.74) is 4.10. The number of likely N-dealkylation sites (tertiary alicyclic amines) is 1. The Kier molecular flexibility index (Phi) is 3.54. The fourth-order valence-corrected chi connectivity index (χ4v) is 2.40. The van der Waals surface area contributed by atoms with Gasteiger partial charge in [0.25, 0.3) is 0 Å². The van der Waals surface area contributed by atoms with E-state index in [2.05, 4.69) is 0 Å². The molecule has 1 saturated heterocycles. The number of alkyl halides is 3. The van der Waals surface area contributed by atoms with Crippen LogP contribution in [-0.4, -0.2) is 30.8 Å². The number of benzene rings is 1. The summed E-state index contributed by atoms with van der Waals surface area (Å²) in [5.74, 6) is -0.566. The van der Waals surface area contributed by atoms with Crippen LogP contribution in [0.25, 0.3) is 0 Å². The van der Waals surface area contributed by atoms with Crippen molar-refractivity contribution in [3.8, 4) is 0 Å². The quantitative estimate of drug-likeness (QED) is 0.664. The van der Waals surface area contributed by atoms with Crippen molar-refractivity contribution in [2.75, 3.05) is 25.9 Å². The fraction of sp³-hybridized carbons (Fsp3) is 0.462. The number of Topliss-reactive ketones (excluding diaryl/α,β-unsaturated/α-hetero) is 1. The summed E-state index contributed by atoms with van der Waals surface area (Å²) in [6.07, 6.45) is -3.88. The summed E-state index contributed by atoms with van der Waals surface area (Å²) in [6, 6.07) is 3.49. The van der Waals surface area contributed by atoms with Gasteiger partial charge in [0.1, 0.15) is 0 Å². The average molecular weight is 272 g/mol. The van der Waals surface area contributed by atoms with E-state index in [0.29, 0.717) is 13.0 Å². The Balaban J connectivity index is 2.33. The molecule has 3 nitrogen and oxygen atoms in total. The van der Waals surface area contributed by atoms with E-state index in [1.807, 2.05) is 11.9 Å². The van der Waals surface area contributed by atoms with Gasteiger partial charge in [-0.2, -0.15) is 13.2 Å². The summed E-state index contributed by atoms with van der Waals surface area (Å²) in [5, 5.41) is 0. The third-order valence-corrected chi connectivity index (χ3v) is 3.44. The Bertz CT molecular complexity index is 499. The molecule has 1 atom stereocenters. The zero-order chi connectivity index (χ0) is 14.2. The lowest BCUT2D eigenvalue weighted by molar-refractivity contribution is -0.136. The first-order valence-electron chi connectivity index (χ1n) is 5.99. The van der Waals surface area contributed by atoms with Crippen LogP contribution in [-0.2, 0) is 6.18 Å². The number of carbonyl (C=O) groups is 1. The Morgan fingerprint density at radius 3 is 2.63 bits per heavy atom. The first kappa shape index (κ1) is 13.9. The molecule has 1 aliphatic rings. The van der Waals surface area contributed by atoms with Crippen molar-refractivity contribution in [1.82, 2.24) is 4.90 Å². The number of halogens is 3. The Labute approximate surface area is 109 Å². The van der Waals surface area contributed by atoms with Gasteiger partial charge in [-0.15, -0.1) is 0 Å². The van der Waals surface area contributed by atoms with Crippen molar-refractivity contribution in [3.63, 3.8) is 0 Å². The topological polar surface area (TPSA) is 46.3 Å². The Morgan fingerprint density at radius 2 is 2.11 bits per heavy atom. The Hall–Kier alpha value is -1.56. The first-order chi connectivity index (χ1) is 8.80. The Morgan fingerprint density at radius 1 is 1.42 bits per heavy atom. The molecule has 0 spiro atoms. The van der Waals surface area contributed by atoms with Crippen LogP contribution in [0.3, 0.4) is 0 Å². The van der Waals surface area contributed by atoms with E-state index in [1.165, 1.54) is 12.1 Å². The summed E-state index contributed by atoms with van der Waals surface area (Å²) in [7, 11) is 1.88. The van der Waals surface area contributed by atoms with E-state index in [0.717, 1.165) is 12.6 Å². The van der Waals surface area contributed by atoms with Crippen LogP contribution in [0.15, 0.2) is 18.2 Å². The number of nitrogens with two attached hydrogens (primary N) is 1. The zero-order valence-electron chi connectivity index (χ0n) is 10.5. The van der Waals surface area contributed by atoms with Crippen LogP contribution >= 0.6 is 0 Å². The van der Waals surface area contributed by atoms with Crippen molar-refractivity contribution in [2.24, 2.45) is 5.92 Å². The molecule has 1 fully saturated rings. The normalized spacial score (nSPS) is 20.7. The maximum absolute atomic E-state index is 12.7. The highest BCUT2D eigenvalue weighted by Gasteiger charge is 2.35. The van der Waals surface area contributed by atoms with Gasteiger partial charge in [-0.25, -0.2) is 0 Å². The molecule has 1 unspecified atom stereocenters. The second-order valence-corrected chi connectivity index (χ2v) is 4.88. The standard InChI is InChI=1S/C13H15F3N2O/c1-18-6-5-8(7-18)12(19)9-3-2-4-10(11(9)17)13(14,15)16/h2-4,8H,5-7,17H2,1H3. The summed E-state index contributed by atoms with van der Waals surface area (Å²) in [4.78, 5) is 14.2. The summed E-state index contributed by atoms with van der Waals surface area (Å²) in [6.45, 7) is 1.34. The van der Waals surface area contributed by atoms with Gasteiger partial charge in [0, 0.05) is 18.0 Å². The van der Waals surface area contributed by atoms with E-state index in [4.69, 9.17) is 5.73 Å². The number of rotatable bonds is 2. The van der Waals surface area contributed by atoms with Crippen molar-refractivity contribution in [1.29, 1.82) is 0 Å². The molecule has 2 rings (SSSR count). The first-order valence-corrected chi connectivity index (χ1v) is 5.99. The molecule has 6 heteroatoms. The lowest BCUT2D eigenvalue weighted by atomic mass is 9.94. The third-order valence-electron chi connectivity index (χ3n) is 3.44. The predicted octanol–water partition coefficient (Wildman–Crippen LogP) is 2.42. The molecular weight excluding hydrogens is 257 g/mol. The molecule has 0 bridgehead atoms. The number of ketones is 1. The monoisotopic (exact) mass is 272 g/mol. The number of carbonyl (C=O) groups excluding carboxylic acids is 1. The second-order valence-electron chi connectivity index (χ2n) is 4.88. The number of hydrogen-bond acceptors (Lipinski definition) is 3.